The van der Waals surface area contributed by atoms with Gasteiger partial charge in [-0.05, 0) is 18.9 Å². The Morgan fingerprint density at radius 3 is 2.79 bits per heavy atom. The zero-order valence-corrected chi connectivity index (χ0v) is 11.8. The van der Waals surface area contributed by atoms with Gasteiger partial charge in [0.25, 0.3) is 0 Å². The number of nitrogens with one attached hydrogen (secondary N) is 1. The summed E-state index contributed by atoms with van der Waals surface area (Å²) >= 11 is 0. The van der Waals surface area contributed by atoms with E-state index in [4.69, 9.17) is 4.74 Å². The van der Waals surface area contributed by atoms with Gasteiger partial charge in [-0.1, -0.05) is 13.8 Å². The zero-order chi connectivity index (χ0) is 14.3. The Morgan fingerprint density at radius 2 is 2.21 bits per heavy atom. The summed E-state index contributed by atoms with van der Waals surface area (Å²) in [7, 11) is 1.30. The van der Waals surface area contributed by atoms with Crippen LogP contribution in [0.4, 0.5) is 5.82 Å². The van der Waals surface area contributed by atoms with Gasteiger partial charge in [-0.15, -0.1) is 0 Å². The van der Waals surface area contributed by atoms with Crippen LogP contribution in [0, 0.1) is 5.92 Å². The van der Waals surface area contributed by atoms with Crippen LogP contribution in [-0.4, -0.2) is 42.3 Å². The lowest BCUT2D eigenvalue weighted by atomic mass is 10.1. The Labute approximate surface area is 113 Å². The second-order valence-electron chi connectivity index (χ2n) is 4.41. The fourth-order valence-corrected chi connectivity index (χ4v) is 1.46. The van der Waals surface area contributed by atoms with Crippen LogP contribution in [0.1, 0.15) is 31.4 Å². The lowest BCUT2D eigenvalue weighted by molar-refractivity contribution is 0.0587. The fourth-order valence-electron chi connectivity index (χ4n) is 1.46. The lowest BCUT2D eigenvalue weighted by Crippen LogP contribution is -2.31. The lowest BCUT2D eigenvalue weighted by Gasteiger charge is -2.22. The van der Waals surface area contributed by atoms with E-state index in [9.17, 15) is 4.79 Å². The van der Waals surface area contributed by atoms with Gasteiger partial charge in [0.15, 0.2) is 0 Å². The number of ether oxygens (including phenoxy) is 2. The highest BCUT2D eigenvalue weighted by molar-refractivity contribution is 5.85. The monoisotopic (exact) mass is 267 g/mol. The summed E-state index contributed by atoms with van der Waals surface area (Å²) < 4.78 is 10.0. The number of hydrogen-bond acceptors (Lipinski definition) is 6. The summed E-state index contributed by atoms with van der Waals surface area (Å²) in [6, 6.07) is 1.84. The van der Waals surface area contributed by atoms with E-state index in [1.54, 1.807) is 6.07 Å². The number of aromatic nitrogens is 2. The first kappa shape index (κ1) is 15.4. The molecular weight excluding hydrogens is 246 g/mol. The molecule has 6 nitrogen and oxygen atoms in total. The van der Waals surface area contributed by atoms with E-state index in [2.05, 4.69) is 33.9 Å². The minimum absolute atomic E-state index is 0.0476. The van der Waals surface area contributed by atoms with E-state index in [-0.39, 0.29) is 11.9 Å². The molecule has 0 spiro atoms. The Kier molecular flexibility index (Phi) is 6.21. The maximum Gasteiger partial charge on any atom is 0.376 e. The first-order valence-corrected chi connectivity index (χ1v) is 6.34. The molecule has 0 aliphatic heterocycles. The van der Waals surface area contributed by atoms with Crippen molar-refractivity contribution in [1.29, 1.82) is 0 Å². The van der Waals surface area contributed by atoms with Crippen molar-refractivity contribution < 1.29 is 14.3 Å². The molecule has 1 unspecified atom stereocenters. The number of carbonyl (C=O) groups excluding carboxylic acids is 1. The van der Waals surface area contributed by atoms with Crippen LogP contribution in [0.25, 0.3) is 0 Å². The summed E-state index contributed by atoms with van der Waals surface area (Å²) in [5.74, 6) is 0.470. The summed E-state index contributed by atoms with van der Waals surface area (Å²) in [4.78, 5) is 19.3. The standard InChI is InChI=1S/C13H21N3O3/c1-5-19-8-10(9(2)3)15-11-6-7-14-12(16-11)13(17)18-4/h6-7,9-10H,5,8H2,1-4H3,(H,14,15,16). The van der Waals surface area contributed by atoms with Gasteiger partial charge in [0, 0.05) is 12.8 Å². The second-order valence-corrected chi connectivity index (χ2v) is 4.41. The van der Waals surface area contributed by atoms with Crippen LogP contribution in [0.2, 0.25) is 0 Å². The van der Waals surface area contributed by atoms with Gasteiger partial charge in [-0.3, -0.25) is 0 Å². The number of hydrogen-bond donors (Lipinski definition) is 1. The minimum Gasteiger partial charge on any atom is -0.463 e. The van der Waals surface area contributed by atoms with Crippen molar-refractivity contribution in [2.75, 3.05) is 25.6 Å². The van der Waals surface area contributed by atoms with Crippen molar-refractivity contribution >= 4 is 11.8 Å². The maximum atomic E-state index is 11.4. The van der Waals surface area contributed by atoms with Gasteiger partial charge in [0.05, 0.1) is 19.8 Å². The highest BCUT2D eigenvalue weighted by atomic mass is 16.5. The molecule has 1 N–H and O–H groups in total. The van der Waals surface area contributed by atoms with Crippen LogP contribution in [0.15, 0.2) is 12.3 Å². The molecule has 1 atom stereocenters. The number of carbonyl (C=O) groups is 1. The first-order valence-electron chi connectivity index (χ1n) is 6.34. The zero-order valence-electron chi connectivity index (χ0n) is 11.8. The SMILES string of the molecule is CCOCC(Nc1ccnc(C(=O)OC)n1)C(C)C. The Bertz CT molecular complexity index is 410. The molecule has 0 aromatic carbocycles. The van der Waals surface area contributed by atoms with Gasteiger partial charge in [0.2, 0.25) is 5.82 Å². The van der Waals surface area contributed by atoms with Crippen molar-refractivity contribution in [3.8, 4) is 0 Å². The largest absolute Gasteiger partial charge is 0.463 e. The molecule has 1 aromatic rings. The molecule has 0 bridgehead atoms. The van der Waals surface area contributed by atoms with Crippen molar-refractivity contribution in [1.82, 2.24) is 9.97 Å². The van der Waals surface area contributed by atoms with E-state index in [0.717, 1.165) is 0 Å². The van der Waals surface area contributed by atoms with E-state index in [1.807, 2.05) is 6.92 Å². The topological polar surface area (TPSA) is 73.3 Å². The smallest absolute Gasteiger partial charge is 0.376 e. The van der Waals surface area contributed by atoms with Crippen LogP contribution >= 0.6 is 0 Å². The Balaban J connectivity index is 2.76. The molecule has 0 amide bonds. The summed E-state index contributed by atoms with van der Waals surface area (Å²) in [6.45, 7) is 7.41. The van der Waals surface area contributed by atoms with E-state index < -0.39 is 5.97 Å². The number of methoxy groups -OCH3 is 1. The van der Waals surface area contributed by atoms with Crippen molar-refractivity contribution in [3.05, 3.63) is 18.1 Å². The summed E-state index contributed by atoms with van der Waals surface area (Å²) in [5.41, 5.74) is 0. The van der Waals surface area contributed by atoms with E-state index in [1.165, 1.54) is 13.3 Å². The third-order valence-corrected chi connectivity index (χ3v) is 2.66. The van der Waals surface area contributed by atoms with E-state index in [0.29, 0.717) is 24.9 Å². The molecule has 1 heterocycles. The highest BCUT2D eigenvalue weighted by Gasteiger charge is 2.15. The molecule has 0 aliphatic rings. The normalized spacial score (nSPS) is 12.3. The predicted octanol–water partition coefficient (Wildman–Crippen LogP) is 1.74. The molecule has 106 valence electrons. The molecule has 0 saturated carbocycles. The molecule has 0 aliphatic carbocycles. The molecule has 1 rings (SSSR count). The second kappa shape index (κ2) is 7.68. The van der Waals surface area contributed by atoms with Gasteiger partial charge in [-0.2, -0.15) is 0 Å². The van der Waals surface area contributed by atoms with E-state index >= 15 is 0 Å². The number of rotatable bonds is 7. The van der Waals surface area contributed by atoms with Crippen molar-refractivity contribution in [2.24, 2.45) is 5.92 Å². The van der Waals surface area contributed by atoms with Gasteiger partial charge in [0.1, 0.15) is 5.82 Å². The van der Waals surface area contributed by atoms with Crippen LogP contribution < -0.4 is 5.32 Å². The molecule has 6 heteroatoms. The van der Waals surface area contributed by atoms with Crippen molar-refractivity contribution in [2.45, 2.75) is 26.8 Å². The predicted molar refractivity (Wildman–Crippen MR) is 72.1 cm³/mol. The Morgan fingerprint density at radius 1 is 1.47 bits per heavy atom. The van der Waals surface area contributed by atoms with Gasteiger partial charge in [-0.25, -0.2) is 14.8 Å². The number of nitrogens with zero attached hydrogens (tertiary/aromatic N) is 2. The third kappa shape index (κ3) is 4.82. The average Bonchev–Trinajstić information content (AvgIpc) is 2.42. The molecule has 0 saturated heterocycles. The minimum atomic E-state index is -0.547. The number of anilines is 1. The van der Waals surface area contributed by atoms with Crippen molar-refractivity contribution in [3.63, 3.8) is 0 Å². The maximum absolute atomic E-state index is 11.4. The van der Waals surface area contributed by atoms with Crippen LogP contribution in [-0.2, 0) is 9.47 Å². The van der Waals surface area contributed by atoms with Crippen LogP contribution in [0.5, 0.6) is 0 Å². The average molecular weight is 267 g/mol. The third-order valence-electron chi connectivity index (χ3n) is 2.66. The van der Waals surface area contributed by atoms with Crippen LogP contribution in [0.3, 0.4) is 0 Å². The fraction of sp³-hybridized carbons (Fsp3) is 0.615. The van der Waals surface area contributed by atoms with Gasteiger partial charge < -0.3 is 14.8 Å². The Hall–Kier alpha value is -1.69. The highest BCUT2D eigenvalue weighted by Crippen LogP contribution is 2.11. The van der Waals surface area contributed by atoms with Gasteiger partial charge >= 0.3 is 5.97 Å². The molecule has 0 radical (unpaired) electrons. The molecule has 0 fully saturated rings. The molecular formula is C13H21N3O3. The summed E-state index contributed by atoms with van der Waals surface area (Å²) in [6.07, 6.45) is 1.53. The number of esters is 1. The quantitative estimate of drug-likeness (QED) is 0.758. The summed E-state index contributed by atoms with van der Waals surface area (Å²) in [5, 5.41) is 3.25. The molecule has 19 heavy (non-hydrogen) atoms. The first-order chi connectivity index (χ1) is 9.08. The molecule has 1 aromatic heterocycles.